The van der Waals surface area contributed by atoms with Crippen LogP contribution in [0.2, 0.25) is 0 Å². The molecule has 0 aliphatic rings. The van der Waals surface area contributed by atoms with Gasteiger partial charge in [0.25, 0.3) is 5.91 Å². The van der Waals surface area contributed by atoms with Crippen LogP contribution >= 0.6 is 0 Å². The minimum Gasteiger partial charge on any atom is -0.481 e. The normalized spacial score (nSPS) is 13.7. The fraction of sp³-hybridized carbons (Fsp3) is 0.333. The van der Waals surface area contributed by atoms with Crippen LogP contribution in [0.1, 0.15) is 10.4 Å². The van der Waals surface area contributed by atoms with Gasteiger partial charge in [-0.05, 0) is 12.1 Å². The van der Waals surface area contributed by atoms with E-state index >= 15 is 0 Å². The Balaban J connectivity index is 2.58. The quantitative estimate of drug-likeness (QED) is 0.688. The summed E-state index contributed by atoms with van der Waals surface area (Å²) in [6, 6.07) is 8.21. The summed E-state index contributed by atoms with van der Waals surface area (Å²) in [6.45, 7) is -1.49. The molecule has 0 spiro atoms. The SMILES string of the molecule is O=C(NC[C@H](C(=O)O)[C@H](O)CF)c1ccccc1. The number of carboxylic acids is 1. The smallest absolute Gasteiger partial charge is 0.311 e. The number of carbonyl (C=O) groups is 2. The van der Waals surface area contributed by atoms with Gasteiger partial charge in [0.05, 0.1) is 6.10 Å². The molecule has 0 saturated heterocycles. The van der Waals surface area contributed by atoms with Crippen molar-refractivity contribution in [3.05, 3.63) is 35.9 Å². The largest absolute Gasteiger partial charge is 0.481 e. The maximum Gasteiger partial charge on any atom is 0.311 e. The first kappa shape index (κ1) is 14.1. The maximum absolute atomic E-state index is 12.2. The average Bonchev–Trinajstić information content (AvgIpc) is 2.39. The molecule has 0 radical (unpaired) electrons. The molecular formula is C12H14FNO4. The van der Waals surface area contributed by atoms with Crippen LogP contribution in [-0.4, -0.2) is 41.4 Å². The Morgan fingerprint density at radius 2 is 1.89 bits per heavy atom. The molecule has 3 N–H and O–H groups in total. The number of carbonyl (C=O) groups excluding carboxylic acids is 1. The topological polar surface area (TPSA) is 86.6 Å². The highest BCUT2D eigenvalue weighted by Gasteiger charge is 2.27. The van der Waals surface area contributed by atoms with E-state index < -0.39 is 30.6 Å². The number of benzene rings is 1. The number of halogens is 1. The molecule has 0 heterocycles. The molecule has 6 heteroatoms. The first-order chi connectivity index (χ1) is 8.56. The van der Waals surface area contributed by atoms with Crippen molar-refractivity contribution in [3.63, 3.8) is 0 Å². The van der Waals surface area contributed by atoms with E-state index in [0.717, 1.165) is 0 Å². The third-order valence-electron chi connectivity index (χ3n) is 2.46. The van der Waals surface area contributed by atoms with E-state index in [2.05, 4.69) is 5.32 Å². The lowest BCUT2D eigenvalue weighted by molar-refractivity contribution is -0.145. The number of nitrogens with one attached hydrogen (secondary N) is 1. The van der Waals surface area contributed by atoms with Crippen LogP contribution in [0.15, 0.2) is 30.3 Å². The molecule has 1 aromatic carbocycles. The molecule has 2 atom stereocenters. The van der Waals surface area contributed by atoms with E-state index in [1.807, 2.05) is 0 Å². The second-order valence-electron chi connectivity index (χ2n) is 3.74. The predicted molar refractivity (Wildman–Crippen MR) is 61.9 cm³/mol. The van der Waals surface area contributed by atoms with Crippen LogP contribution in [0, 0.1) is 5.92 Å². The van der Waals surface area contributed by atoms with E-state index in [9.17, 15) is 14.0 Å². The Bertz CT molecular complexity index is 410. The van der Waals surface area contributed by atoms with Gasteiger partial charge in [0.1, 0.15) is 12.6 Å². The zero-order chi connectivity index (χ0) is 13.5. The molecule has 0 fully saturated rings. The van der Waals surface area contributed by atoms with Crippen LogP contribution in [0.25, 0.3) is 0 Å². The van der Waals surface area contributed by atoms with Crippen molar-refractivity contribution >= 4 is 11.9 Å². The van der Waals surface area contributed by atoms with E-state index in [0.29, 0.717) is 5.56 Å². The van der Waals surface area contributed by atoms with Gasteiger partial charge in [-0.15, -0.1) is 0 Å². The van der Waals surface area contributed by atoms with Crippen LogP contribution in [0.3, 0.4) is 0 Å². The zero-order valence-electron chi connectivity index (χ0n) is 9.54. The number of amides is 1. The monoisotopic (exact) mass is 255 g/mol. The van der Waals surface area contributed by atoms with E-state index in [4.69, 9.17) is 10.2 Å². The van der Waals surface area contributed by atoms with Gasteiger partial charge in [0.2, 0.25) is 0 Å². The number of hydrogen-bond acceptors (Lipinski definition) is 3. The maximum atomic E-state index is 12.2. The number of aliphatic hydroxyl groups excluding tert-OH is 1. The second-order valence-corrected chi connectivity index (χ2v) is 3.74. The highest BCUT2D eigenvalue weighted by atomic mass is 19.1. The van der Waals surface area contributed by atoms with Crippen molar-refractivity contribution in [1.29, 1.82) is 0 Å². The Hall–Kier alpha value is -1.95. The standard InChI is InChI=1S/C12H14FNO4/c13-6-10(15)9(12(17)18)7-14-11(16)8-4-2-1-3-5-8/h1-5,9-10,15H,6-7H2,(H,14,16)(H,17,18)/t9-,10+/m0/s1. The lowest BCUT2D eigenvalue weighted by Crippen LogP contribution is -2.40. The minimum atomic E-state index is -1.63. The van der Waals surface area contributed by atoms with Crippen molar-refractivity contribution in [3.8, 4) is 0 Å². The molecule has 1 aromatic rings. The molecule has 0 aliphatic heterocycles. The molecule has 5 nitrogen and oxygen atoms in total. The van der Waals surface area contributed by atoms with E-state index in [1.54, 1.807) is 30.3 Å². The van der Waals surface area contributed by atoms with Gasteiger partial charge in [-0.3, -0.25) is 9.59 Å². The van der Waals surface area contributed by atoms with E-state index in [1.165, 1.54) is 0 Å². The Morgan fingerprint density at radius 3 is 2.39 bits per heavy atom. The second kappa shape index (κ2) is 6.70. The van der Waals surface area contributed by atoms with Crippen LogP contribution in [-0.2, 0) is 4.79 Å². The summed E-state index contributed by atoms with van der Waals surface area (Å²) in [5, 5.41) is 20.3. The fourth-order valence-electron chi connectivity index (χ4n) is 1.39. The van der Waals surface area contributed by atoms with Gasteiger partial charge >= 0.3 is 5.97 Å². The molecule has 18 heavy (non-hydrogen) atoms. The Morgan fingerprint density at radius 1 is 1.28 bits per heavy atom. The molecule has 1 amide bonds. The molecule has 0 bridgehead atoms. The summed E-state index contributed by atoms with van der Waals surface area (Å²) in [4.78, 5) is 22.4. The third-order valence-corrected chi connectivity index (χ3v) is 2.46. The fourth-order valence-corrected chi connectivity index (χ4v) is 1.39. The lowest BCUT2D eigenvalue weighted by atomic mass is 10.0. The summed E-state index contributed by atoms with van der Waals surface area (Å²) in [5.74, 6) is -3.18. The molecule has 0 unspecified atom stereocenters. The highest BCUT2D eigenvalue weighted by Crippen LogP contribution is 2.05. The van der Waals surface area contributed by atoms with Gasteiger partial charge in [-0.25, -0.2) is 4.39 Å². The van der Waals surface area contributed by atoms with Gasteiger partial charge in [-0.2, -0.15) is 0 Å². The summed E-state index contributed by atoms with van der Waals surface area (Å²) in [7, 11) is 0. The van der Waals surface area contributed by atoms with Gasteiger partial charge in [0.15, 0.2) is 0 Å². The van der Waals surface area contributed by atoms with E-state index in [-0.39, 0.29) is 6.54 Å². The van der Waals surface area contributed by atoms with Crippen molar-refractivity contribution in [2.75, 3.05) is 13.2 Å². The third kappa shape index (κ3) is 3.81. The lowest BCUT2D eigenvalue weighted by Gasteiger charge is -2.16. The van der Waals surface area contributed by atoms with Crippen LogP contribution < -0.4 is 5.32 Å². The summed E-state index contributed by atoms with van der Waals surface area (Å²) in [5.41, 5.74) is 0.372. The van der Waals surface area contributed by atoms with Crippen LogP contribution in [0.4, 0.5) is 4.39 Å². The van der Waals surface area contributed by atoms with Crippen molar-refractivity contribution in [1.82, 2.24) is 5.32 Å². The highest BCUT2D eigenvalue weighted by molar-refractivity contribution is 5.94. The molecule has 0 saturated carbocycles. The summed E-state index contributed by atoms with van der Waals surface area (Å²) >= 11 is 0. The molecule has 1 rings (SSSR count). The van der Waals surface area contributed by atoms with Crippen molar-refractivity contribution in [2.45, 2.75) is 6.10 Å². The molecular weight excluding hydrogens is 241 g/mol. The number of aliphatic carboxylic acids is 1. The molecule has 0 aliphatic carbocycles. The first-order valence-corrected chi connectivity index (χ1v) is 5.36. The van der Waals surface area contributed by atoms with Gasteiger partial charge in [-0.1, -0.05) is 18.2 Å². The average molecular weight is 255 g/mol. The van der Waals surface area contributed by atoms with Crippen LogP contribution in [0.5, 0.6) is 0 Å². The van der Waals surface area contributed by atoms with Gasteiger partial charge in [0, 0.05) is 12.1 Å². The number of hydrogen-bond donors (Lipinski definition) is 3. The van der Waals surface area contributed by atoms with Gasteiger partial charge < -0.3 is 15.5 Å². The van der Waals surface area contributed by atoms with Crippen molar-refractivity contribution in [2.24, 2.45) is 5.92 Å². The number of carboxylic acid groups (broad SMARTS) is 1. The first-order valence-electron chi connectivity index (χ1n) is 5.36. The summed E-state index contributed by atoms with van der Waals surface area (Å²) in [6.07, 6.45) is -1.63. The van der Waals surface area contributed by atoms with Crippen molar-refractivity contribution < 1.29 is 24.2 Å². The number of alkyl halides is 1. The Labute approximate surface area is 103 Å². The predicted octanol–water partition coefficient (Wildman–Crippen LogP) is 0.448. The molecule has 98 valence electrons. The Kier molecular flexibility index (Phi) is 5.26. The minimum absolute atomic E-state index is 0.325. The summed E-state index contributed by atoms with van der Waals surface area (Å²) < 4.78 is 12.2. The molecule has 0 aromatic heterocycles. The number of rotatable bonds is 6. The zero-order valence-corrected chi connectivity index (χ0v) is 9.54. The number of aliphatic hydroxyl groups is 1.